The number of rotatable bonds is 7. The van der Waals surface area contributed by atoms with Crippen molar-refractivity contribution in [1.82, 2.24) is 4.98 Å². The minimum Gasteiger partial charge on any atom is -0.473 e. The minimum atomic E-state index is 0.441. The molecule has 3 nitrogen and oxygen atoms in total. The molecule has 0 unspecified atom stereocenters. The lowest BCUT2D eigenvalue weighted by Crippen LogP contribution is -2.02. The van der Waals surface area contributed by atoms with Gasteiger partial charge in [-0.3, -0.25) is 0 Å². The van der Waals surface area contributed by atoms with Gasteiger partial charge in [-0.05, 0) is 34.9 Å². The van der Waals surface area contributed by atoms with E-state index in [1.165, 1.54) is 0 Å². The van der Waals surface area contributed by atoms with Gasteiger partial charge in [0, 0.05) is 16.1 Å². The van der Waals surface area contributed by atoms with Crippen molar-refractivity contribution in [3.8, 4) is 22.9 Å². The van der Waals surface area contributed by atoms with Crippen LogP contribution in [-0.4, -0.2) is 4.98 Å². The molecule has 0 bridgehead atoms. The maximum Gasteiger partial charge on any atom is 0.225 e. The fourth-order valence-electron chi connectivity index (χ4n) is 2.95. The number of hydrogen-bond donors (Lipinski definition) is 0. The van der Waals surface area contributed by atoms with E-state index in [0.29, 0.717) is 25.0 Å². The predicted molar refractivity (Wildman–Crippen MR) is 119 cm³/mol. The molecule has 0 spiro atoms. The third-order valence-electron chi connectivity index (χ3n) is 4.42. The number of ether oxygens (including phenoxy) is 2. The van der Waals surface area contributed by atoms with Crippen molar-refractivity contribution >= 4 is 15.9 Å². The summed E-state index contributed by atoms with van der Waals surface area (Å²) in [6, 6.07) is 32.1. The third kappa shape index (κ3) is 5.24. The summed E-state index contributed by atoms with van der Waals surface area (Å²) < 4.78 is 13.0. The molecule has 4 aromatic rings. The summed E-state index contributed by atoms with van der Waals surface area (Å²) in [6.45, 7) is 0.902. The number of pyridine rings is 1. The zero-order valence-electron chi connectivity index (χ0n) is 15.8. The van der Waals surface area contributed by atoms with Crippen LogP contribution >= 0.6 is 15.9 Å². The van der Waals surface area contributed by atoms with Gasteiger partial charge in [0.1, 0.15) is 13.2 Å². The second-order valence-electron chi connectivity index (χ2n) is 6.56. The van der Waals surface area contributed by atoms with E-state index in [1.807, 2.05) is 91.0 Å². The van der Waals surface area contributed by atoms with Gasteiger partial charge in [-0.25, -0.2) is 0 Å². The normalized spacial score (nSPS) is 10.5. The Kier molecular flexibility index (Phi) is 6.22. The average molecular weight is 446 g/mol. The molecule has 29 heavy (non-hydrogen) atoms. The van der Waals surface area contributed by atoms with Crippen molar-refractivity contribution in [3.05, 3.63) is 113 Å². The highest BCUT2D eigenvalue weighted by Gasteiger charge is 2.11. The smallest absolute Gasteiger partial charge is 0.225 e. The summed E-state index contributed by atoms with van der Waals surface area (Å²) in [5.41, 5.74) is 4.14. The van der Waals surface area contributed by atoms with Gasteiger partial charge < -0.3 is 9.47 Å². The molecule has 0 saturated heterocycles. The van der Waals surface area contributed by atoms with Gasteiger partial charge in [-0.1, -0.05) is 88.7 Å². The van der Waals surface area contributed by atoms with E-state index in [0.717, 1.165) is 26.7 Å². The molecule has 3 aromatic carbocycles. The van der Waals surface area contributed by atoms with E-state index in [4.69, 9.17) is 9.47 Å². The molecule has 0 saturated carbocycles. The molecular formula is C25H20BrNO2. The van der Waals surface area contributed by atoms with E-state index in [-0.39, 0.29) is 0 Å². The minimum absolute atomic E-state index is 0.441. The predicted octanol–water partition coefficient (Wildman–Crippen LogP) is 6.67. The molecule has 144 valence electrons. The summed E-state index contributed by atoms with van der Waals surface area (Å²) in [4.78, 5) is 4.65. The van der Waals surface area contributed by atoms with Gasteiger partial charge >= 0.3 is 0 Å². The van der Waals surface area contributed by atoms with E-state index >= 15 is 0 Å². The molecule has 0 aliphatic heterocycles. The largest absolute Gasteiger partial charge is 0.473 e. The summed E-state index contributed by atoms with van der Waals surface area (Å²) >= 11 is 3.54. The standard InChI is InChI=1S/C25H20BrNO2/c26-22-13-7-12-21(16-22)23-14-15-24(28-17-19-8-3-1-4-9-19)27-25(23)29-18-20-10-5-2-6-11-20/h1-16H,17-18H2. The molecule has 0 N–H and O–H groups in total. The summed E-state index contributed by atoms with van der Waals surface area (Å²) in [6.07, 6.45) is 0. The SMILES string of the molecule is Brc1cccc(-c2ccc(OCc3ccccc3)nc2OCc2ccccc2)c1. The van der Waals surface area contributed by atoms with Crippen LogP contribution in [0.15, 0.2) is 102 Å². The van der Waals surface area contributed by atoms with E-state index in [9.17, 15) is 0 Å². The molecule has 4 rings (SSSR count). The van der Waals surface area contributed by atoms with E-state index in [2.05, 4.69) is 27.0 Å². The van der Waals surface area contributed by atoms with Crippen LogP contribution in [0.4, 0.5) is 0 Å². The summed E-state index contributed by atoms with van der Waals surface area (Å²) in [7, 11) is 0. The lowest BCUT2D eigenvalue weighted by Gasteiger charge is -2.13. The van der Waals surface area contributed by atoms with Gasteiger partial charge in [-0.15, -0.1) is 0 Å². The topological polar surface area (TPSA) is 31.4 Å². The monoisotopic (exact) mass is 445 g/mol. The lowest BCUT2D eigenvalue weighted by molar-refractivity contribution is 0.268. The number of hydrogen-bond acceptors (Lipinski definition) is 3. The van der Waals surface area contributed by atoms with Crippen molar-refractivity contribution in [2.45, 2.75) is 13.2 Å². The van der Waals surface area contributed by atoms with Gasteiger partial charge in [0.25, 0.3) is 0 Å². The second kappa shape index (κ2) is 9.39. The molecule has 0 fully saturated rings. The maximum atomic E-state index is 6.10. The maximum absolute atomic E-state index is 6.10. The van der Waals surface area contributed by atoms with Crippen LogP contribution in [0.5, 0.6) is 11.8 Å². The zero-order valence-corrected chi connectivity index (χ0v) is 17.4. The highest BCUT2D eigenvalue weighted by molar-refractivity contribution is 9.10. The van der Waals surface area contributed by atoms with Crippen LogP contribution < -0.4 is 9.47 Å². The molecule has 0 atom stereocenters. The first-order chi connectivity index (χ1) is 14.3. The quantitative estimate of drug-likeness (QED) is 0.318. The zero-order chi connectivity index (χ0) is 19.9. The Morgan fingerprint density at radius 1 is 0.655 bits per heavy atom. The van der Waals surface area contributed by atoms with Crippen LogP contribution in [0, 0.1) is 0 Å². The first kappa shape index (κ1) is 19.2. The Bertz CT molecular complexity index is 1070. The van der Waals surface area contributed by atoms with Gasteiger partial charge in [0.2, 0.25) is 11.8 Å². The third-order valence-corrected chi connectivity index (χ3v) is 4.91. The van der Waals surface area contributed by atoms with Gasteiger partial charge in [-0.2, -0.15) is 4.98 Å². The molecule has 0 aliphatic rings. The Balaban J connectivity index is 1.59. The summed E-state index contributed by atoms with van der Waals surface area (Å²) in [5.74, 6) is 1.09. The molecule has 1 heterocycles. The number of halogens is 1. The molecule has 1 aromatic heterocycles. The lowest BCUT2D eigenvalue weighted by atomic mass is 10.1. The van der Waals surface area contributed by atoms with E-state index in [1.54, 1.807) is 0 Å². The van der Waals surface area contributed by atoms with Crippen LogP contribution in [0.25, 0.3) is 11.1 Å². The summed E-state index contributed by atoms with van der Waals surface area (Å²) in [5, 5.41) is 0. The van der Waals surface area contributed by atoms with Crippen molar-refractivity contribution in [1.29, 1.82) is 0 Å². The van der Waals surface area contributed by atoms with Gasteiger partial charge in [0.15, 0.2) is 0 Å². The Morgan fingerprint density at radius 3 is 1.97 bits per heavy atom. The Hall–Kier alpha value is -3.11. The second-order valence-corrected chi connectivity index (χ2v) is 7.48. The first-order valence-corrected chi connectivity index (χ1v) is 10.2. The average Bonchev–Trinajstić information content (AvgIpc) is 2.78. The molecule has 0 amide bonds. The van der Waals surface area contributed by atoms with Crippen LogP contribution in [0.1, 0.15) is 11.1 Å². The highest BCUT2D eigenvalue weighted by Crippen LogP contribution is 2.32. The Labute approximate surface area is 179 Å². The van der Waals surface area contributed by atoms with E-state index < -0.39 is 0 Å². The van der Waals surface area contributed by atoms with Crippen LogP contribution in [0.3, 0.4) is 0 Å². The number of aromatic nitrogens is 1. The van der Waals surface area contributed by atoms with Crippen molar-refractivity contribution in [2.24, 2.45) is 0 Å². The highest BCUT2D eigenvalue weighted by atomic mass is 79.9. The molecule has 0 aliphatic carbocycles. The fraction of sp³-hybridized carbons (Fsp3) is 0.0800. The number of nitrogens with zero attached hydrogens (tertiary/aromatic N) is 1. The van der Waals surface area contributed by atoms with Crippen molar-refractivity contribution in [2.75, 3.05) is 0 Å². The molecule has 4 heteroatoms. The molecular weight excluding hydrogens is 426 g/mol. The van der Waals surface area contributed by atoms with Gasteiger partial charge in [0.05, 0.1) is 0 Å². The van der Waals surface area contributed by atoms with Crippen molar-refractivity contribution < 1.29 is 9.47 Å². The molecule has 0 radical (unpaired) electrons. The van der Waals surface area contributed by atoms with Crippen LogP contribution in [0.2, 0.25) is 0 Å². The first-order valence-electron chi connectivity index (χ1n) is 9.38. The van der Waals surface area contributed by atoms with Crippen LogP contribution in [-0.2, 0) is 13.2 Å². The Morgan fingerprint density at radius 2 is 1.31 bits per heavy atom. The number of benzene rings is 3. The fourth-order valence-corrected chi connectivity index (χ4v) is 3.35. The van der Waals surface area contributed by atoms with Crippen molar-refractivity contribution in [3.63, 3.8) is 0 Å².